The van der Waals surface area contributed by atoms with Gasteiger partial charge in [-0.05, 0) is 42.4 Å². The van der Waals surface area contributed by atoms with Crippen LogP contribution in [0.5, 0.6) is 5.75 Å². The maximum absolute atomic E-state index is 14.5. The minimum absolute atomic E-state index is 0.345. The summed E-state index contributed by atoms with van der Waals surface area (Å²) in [5.41, 5.74) is 1.52. The maximum Gasteiger partial charge on any atom is 0.162 e. The van der Waals surface area contributed by atoms with E-state index in [0.29, 0.717) is 29.7 Å². The molecule has 0 aliphatic heterocycles. The van der Waals surface area contributed by atoms with Gasteiger partial charge in [0.15, 0.2) is 5.82 Å². The zero-order valence-corrected chi connectivity index (χ0v) is 17.9. The van der Waals surface area contributed by atoms with Crippen LogP contribution in [-0.4, -0.2) is 16.6 Å². The molecule has 0 aliphatic carbocycles. The monoisotopic (exact) mass is 386 g/mol. The van der Waals surface area contributed by atoms with Crippen LogP contribution in [0, 0.1) is 17.7 Å². The van der Waals surface area contributed by atoms with Crippen LogP contribution in [0.25, 0.3) is 11.4 Å². The number of ether oxygens (including phenoxy) is 1. The Hall–Kier alpha value is -1.97. The summed E-state index contributed by atoms with van der Waals surface area (Å²) in [7, 11) is 0. The van der Waals surface area contributed by atoms with Gasteiger partial charge in [-0.25, -0.2) is 14.4 Å². The van der Waals surface area contributed by atoms with E-state index in [4.69, 9.17) is 4.74 Å². The number of aromatic nitrogens is 2. The standard InChI is InChI=1S/C24H35FN2O/c1-5-6-7-13-28-21-11-12-22(23(25)15-21)24-26-16-20(17-27-24)14-19(4)10-8-9-18(2)3/h11-12,15-19H,5-10,13-14H2,1-4H3. The van der Waals surface area contributed by atoms with E-state index in [9.17, 15) is 4.39 Å². The largest absolute Gasteiger partial charge is 0.493 e. The summed E-state index contributed by atoms with van der Waals surface area (Å²) in [6.45, 7) is 9.57. The van der Waals surface area contributed by atoms with Gasteiger partial charge in [0.25, 0.3) is 0 Å². The fraction of sp³-hybridized carbons (Fsp3) is 0.583. The highest BCUT2D eigenvalue weighted by atomic mass is 19.1. The fourth-order valence-electron chi connectivity index (χ4n) is 3.29. The molecule has 0 saturated heterocycles. The van der Waals surface area contributed by atoms with Crippen LogP contribution in [0.4, 0.5) is 4.39 Å². The van der Waals surface area contributed by atoms with Crippen LogP contribution in [0.2, 0.25) is 0 Å². The van der Waals surface area contributed by atoms with E-state index < -0.39 is 0 Å². The van der Waals surface area contributed by atoms with E-state index >= 15 is 0 Å². The molecule has 0 fully saturated rings. The summed E-state index contributed by atoms with van der Waals surface area (Å²) >= 11 is 0. The molecule has 154 valence electrons. The minimum Gasteiger partial charge on any atom is -0.493 e. The number of rotatable bonds is 12. The van der Waals surface area contributed by atoms with Crippen LogP contribution in [-0.2, 0) is 6.42 Å². The Morgan fingerprint density at radius 3 is 2.39 bits per heavy atom. The second-order valence-corrected chi connectivity index (χ2v) is 8.25. The van der Waals surface area contributed by atoms with Crippen molar-refractivity contribution in [3.63, 3.8) is 0 Å². The molecule has 0 N–H and O–H groups in total. The molecule has 1 heterocycles. The van der Waals surface area contributed by atoms with Crippen molar-refractivity contribution in [3.8, 4) is 17.1 Å². The van der Waals surface area contributed by atoms with Crippen molar-refractivity contribution in [3.05, 3.63) is 42.0 Å². The molecule has 0 spiro atoms. The Balaban J connectivity index is 1.91. The number of hydrogen-bond donors (Lipinski definition) is 0. The van der Waals surface area contributed by atoms with E-state index in [0.717, 1.165) is 37.2 Å². The van der Waals surface area contributed by atoms with Crippen LogP contribution in [0.15, 0.2) is 30.6 Å². The highest BCUT2D eigenvalue weighted by molar-refractivity contribution is 5.57. The predicted octanol–water partition coefficient (Wildman–Crippen LogP) is 6.86. The van der Waals surface area contributed by atoms with Gasteiger partial charge in [0, 0.05) is 18.5 Å². The second kappa shape index (κ2) is 11.8. The summed E-state index contributed by atoms with van der Waals surface area (Å²) in [4.78, 5) is 8.79. The van der Waals surface area contributed by atoms with E-state index in [1.54, 1.807) is 12.1 Å². The van der Waals surface area contributed by atoms with Gasteiger partial charge in [-0.1, -0.05) is 59.8 Å². The van der Waals surface area contributed by atoms with Crippen molar-refractivity contribution < 1.29 is 9.13 Å². The number of halogens is 1. The molecule has 0 bridgehead atoms. The molecule has 0 aliphatic rings. The SMILES string of the molecule is CCCCCOc1ccc(-c2ncc(CC(C)CCCC(C)C)cn2)c(F)c1. The lowest BCUT2D eigenvalue weighted by atomic mass is 9.95. The first-order valence-corrected chi connectivity index (χ1v) is 10.7. The molecule has 2 aromatic rings. The summed E-state index contributed by atoms with van der Waals surface area (Å²) in [6.07, 6.45) is 11.6. The molecule has 4 heteroatoms. The van der Waals surface area contributed by atoms with Gasteiger partial charge in [-0.15, -0.1) is 0 Å². The van der Waals surface area contributed by atoms with E-state index in [2.05, 4.69) is 37.7 Å². The smallest absolute Gasteiger partial charge is 0.162 e. The number of unbranched alkanes of at least 4 members (excludes halogenated alkanes) is 2. The molecule has 28 heavy (non-hydrogen) atoms. The normalized spacial score (nSPS) is 12.4. The first kappa shape index (κ1) is 22.3. The van der Waals surface area contributed by atoms with Crippen molar-refractivity contribution in [2.75, 3.05) is 6.61 Å². The van der Waals surface area contributed by atoms with Crippen LogP contribution >= 0.6 is 0 Å². The third-order valence-electron chi connectivity index (χ3n) is 4.97. The zero-order valence-electron chi connectivity index (χ0n) is 17.9. The van der Waals surface area contributed by atoms with Gasteiger partial charge in [0.05, 0.1) is 12.2 Å². The van der Waals surface area contributed by atoms with Crippen LogP contribution in [0.1, 0.15) is 71.8 Å². The van der Waals surface area contributed by atoms with Crippen LogP contribution < -0.4 is 4.74 Å². The van der Waals surface area contributed by atoms with Gasteiger partial charge < -0.3 is 4.74 Å². The lowest BCUT2D eigenvalue weighted by Crippen LogP contribution is -2.03. The van der Waals surface area contributed by atoms with Gasteiger partial charge in [-0.3, -0.25) is 0 Å². The molecular formula is C24H35FN2O. The molecule has 1 aromatic carbocycles. The van der Waals surface area contributed by atoms with Crippen molar-refractivity contribution in [1.82, 2.24) is 9.97 Å². The molecule has 1 aromatic heterocycles. The summed E-state index contributed by atoms with van der Waals surface area (Å²) in [5, 5.41) is 0. The third kappa shape index (κ3) is 7.57. The molecule has 3 nitrogen and oxygen atoms in total. The number of nitrogens with zero attached hydrogens (tertiary/aromatic N) is 2. The number of hydrogen-bond acceptors (Lipinski definition) is 3. The quantitative estimate of drug-likeness (QED) is 0.374. The predicted molar refractivity (Wildman–Crippen MR) is 114 cm³/mol. The average molecular weight is 387 g/mol. The van der Waals surface area contributed by atoms with E-state index in [1.807, 2.05) is 12.4 Å². The molecular weight excluding hydrogens is 351 g/mol. The van der Waals surface area contributed by atoms with Gasteiger partial charge in [0.2, 0.25) is 0 Å². The lowest BCUT2D eigenvalue weighted by Gasteiger charge is -2.12. The Labute approximate surface area is 169 Å². The second-order valence-electron chi connectivity index (χ2n) is 8.25. The Bertz CT molecular complexity index is 700. The highest BCUT2D eigenvalue weighted by Crippen LogP contribution is 2.24. The summed E-state index contributed by atoms with van der Waals surface area (Å²) in [6, 6.07) is 4.92. The van der Waals surface area contributed by atoms with Gasteiger partial charge in [-0.2, -0.15) is 0 Å². The van der Waals surface area contributed by atoms with Crippen molar-refractivity contribution in [2.45, 2.75) is 72.6 Å². The summed E-state index contributed by atoms with van der Waals surface area (Å²) < 4.78 is 20.1. The average Bonchev–Trinajstić information content (AvgIpc) is 2.66. The summed E-state index contributed by atoms with van der Waals surface area (Å²) in [5.74, 6) is 2.00. The molecule has 1 unspecified atom stereocenters. The molecule has 0 amide bonds. The zero-order chi connectivity index (χ0) is 20.4. The number of benzene rings is 1. The Morgan fingerprint density at radius 2 is 1.75 bits per heavy atom. The van der Waals surface area contributed by atoms with E-state index in [1.165, 1.54) is 25.3 Å². The Kier molecular flexibility index (Phi) is 9.39. The van der Waals surface area contributed by atoms with Crippen LogP contribution in [0.3, 0.4) is 0 Å². The highest BCUT2D eigenvalue weighted by Gasteiger charge is 2.11. The minimum atomic E-state index is -0.345. The van der Waals surface area contributed by atoms with Crippen molar-refractivity contribution in [1.29, 1.82) is 0 Å². The topological polar surface area (TPSA) is 35.0 Å². The lowest BCUT2D eigenvalue weighted by molar-refractivity contribution is 0.305. The molecule has 2 rings (SSSR count). The Morgan fingerprint density at radius 1 is 1.00 bits per heavy atom. The maximum atomic E-state index is 14.5. The van der Waals surface area contributed by atoms with Gasteiger partial charge in [0.1, 0.15) is 11.6 Å². The molecule has 0 radical (unpaired) electrons. The van der Waals surface area contributed by atoms with Crippen molar-refractivity contribution >= 4 is 0 Å². The first-order chi connectivity index (χ1) is 13.5. The third-order valence-corrected chi connectivity index (χ3v) is 4.97. The van der Waals surface area contributed by atoms with Crippen molar-refractivity contribution in [2.24, 2.45) is 11.8 Å². The van der Waals surface area contributed by atoms with E-state index in [-0.39, 0.29) is 5.82 Å². The molecule has 0 saturated carbocycles. The first-order valence-electron chi connectivity index (χ1n) is 10.7. The molecule has 1 atom stereocenters. The van der Waals surface area contributed by atoms with Gasteiger partial charge >= 0.3 is 0 Å². The fourth-order valence-corrected chi connectivity index (χ4v) is 3.29.